The van der Waals surface area contributed by atoms with Crippen molar-refractivity contribution in [2.45, 2.75) is 23.6 Å². The molecule has 0 amide bonds. The number of esters is 1. The molecule has 0 aliphatic carbocycles. The van der Waals surface area contributed by atoms with Gasteiger partial charge >= 0.3 is 5.97 Å². The molecule has 110 valence electrons. The van der Waals surface area contributed by atoms with E-state index in [9.17, 15) is 4.79 Å². The first-order valence-corrected chi connectivity index (χ1v) is 7.74. The molecule has 3 nitrogen and oxygen atoms in total. The minimum absolute atomic E-state index is 0.0647. The Balaban J connectivity index is 1.95. The van der Waals surface area contributed by atoms with Crippen LogP contribution < -0.4 is 5.73 Å². The third-order valence-corrected chi connectivity index (χ3v) is 4.27. The summed E-state index contributed by atoms with van der Waals surface area (Å²) < 4.78 is 4.68. The Morgan fingerprint density at radius 3 is 2.29 bits per heavy atom. The maximum absolute atomic E-state index is 11.4. The van der Waals surface area contributed by atoms with E-state index in [1.165, 1.54) is 17.6 Å². The minimum Gasteiger partial charge on any atom is -0.465 e. The van der Waals surface area contributed by atoms with Crippen LogP contribution in [0.4, 0.5) is 0 Å². The summed E-state index contributed by atoms with van der Waals surface area (Å²) in [5.74, 6) is 0.555. The van der Waals surface area contributed by atoms with Crippen molar-refractivity contribution in [1.82, 2.24) is 0 Å². The van der Waals surface area contributed by atoms with Crippen LogP contribution in [0.15, 0.2) is 53.4 Å². The van der Waals surface area contributed by atoms with Crippen LogP contribution in [0.3, 0.4) is 0 Å². The molecule has 4 heteroatoms. The van der Waals surface area contributed by atoms with Gasteiger partial charge in [-0.3, -0.25) is 0 Å². The minimum atomic E-state index is -0.305. The van der Waals surface area contributed by atoms with Gasteiger partial charge in [0.2, 0.25) is 0 Å². The third kappa shape index (κ3) is 4.34. The van der Waals surface area contributed by atoms with Gasteiger partial charge in [-0.25, -0.2) is 4.79 Å². The van der Waals surface area contributed by atoms with Crippen LogP contribution in [0.1, 0.15) is 34.5 Å². The Labute approximate surface area is 129 Å². The number of carbonyl (C=O) groups is 1. The van der Waals surface area contributed by atoms with Gasteiger partial charge in [0.15, 0.2) is 0 Å². The van der Waals surface area contributed by atoms with Gasteiger partial charge in [-0.1, -0.05) is 24.3 Å². The van der Waals surface area contributed by atoms with E-state index in [1.807, 2.05) is 19.1 Å². The maximum Gasteiger partial charge on any atom is 0.337 e. The number of nitrogens with two attached hydrogens (primary N) is 1. The highest BCUT2D eigenvalue weighted by atomic mass is 32.2. The lowest BCUT2D eigenvalue weighted by Gasteiger charge is -2.07. The predicted molar refractivity (Wildman–Crippen MR) is 86.4 cm³/mol. The first-order chi connectivity index (χ1) is 10.1. The number of ether oxygens (including phenoxy) is 1. The average molecular weight is 301 g/mol. The number of rotatable bonds is 5. The zero-order chi connectivity index (χ0) is 15.2. The Morgan fingerprint density at radius 2 is 1.76 bits per heavy atom. The molecule has 1 unspecified atom stereocenters. The highest BCUT2D eigenvalue weighted by Crippen LogP contribution is 2.24. The van der Waals surface area contributed by atoms with Gasteiger partial charge in [0.1, 0.15) is 0 Å². The predicted octanol–water partition coefficient (Wildman–Crippen LogP) is 3.79. The monoisotopic (exact) mass is 301 g/mol. The molecular weight excluding hydrogens is 282 g/mol. The van der Waals surface area contributed by atoms with Crippen molar-refractivity contribution in [3.05, 3.63) is 65.2 Å². The van der Waals surface area contributed by atoms with Gasteiger partial charge in [0, 0.05) is 16.7 Å². The second-order valence-electron chi connectivity index (χ2n) is 4.83. The molecule has 0 saturated heterocycles. The van der Waals surface area contributed by atoms with Crippen molar-refractivity contribution in [2.24, 2.45) is 5.73 Å². The molecule has 0 fully saturated rings. The topological polar surface area (TPSA) is 52.3 Å². The largest absolute Gasteiger partial charge is 0.465 e. The summed E-state index contributed by atoms with van der Waals surface area (Å²) in [6.07, 6.45) is 0. The summed E-state index contributed by atoms with van der Waals surface area (Å²) in [6.45, 7) is 1.98. The fourth-order valence-electron chi connectivity index (χ4n) is 1.89. The number of benzene rings is 2. The van der Waals surface area contributed by atoms with Crippen LogP contribution in [0, 0.1) is 0 Å². The van der Waals surface area contributed by atoms with E-state index in [4.69, 9.17) is 5.73 Å². The van der Waals surface area contributed by atoms with Crippen LogP contribution in [0.2, 0.25) is 0 Å². The lowest BCUT2D eigenvalue weighted by atomic mass is 10.1. The van der Waals surface area contributed by atoms with Gasteiger partial charge in [-0.15, -0.1) is 11.8 Å². The smallest absolute Gasteiger partial charge is 0.337 e. The van der Waals surface area contributed by atoms with E-state index in [1.54, 1.807) is 23.9 Å². The second-order valence-corrected chi connectivity index (χ2v) is 5.88. The number of thioether (sulfide) groups is 1. The molecular formula is C17H19NO2S. The molecule has 0 aromatic heterocycles. The molecule has 0 aliphatic rings. The first-order valence-electron chi connectivity index (χ1n) is 6.75. The SMILES string of the molecule is COC(=O)c1ccc(CSc2ccc(C(C)N)cc2)cc1. The van der Waals surface area contributed by atoms with Gasteiger partial charge in [-0.05, 0) is 42.3 Å². The molecule has 2 N–H and O–H groups in total. The van der Waals surface area contributed by atoms with Crippen LogP contribution in [-0.4, -0.2) is 13.1 Å². The molecule has 0 saturated carbocycles. The summed E-state index contributed by atoms with van der Waals surface area (Å²) in [7, 11) is 1.39. The highest BCUT2D eigenvalue weighted by molar-refractivity contribution is 7.98. The van der Waals surface area contributed by atoms with Crippen molar-refractivity contribution in [1.29, 1.82) is 0 Å². The van der Waals surface area contributed by atoms with Crippen molar-refractivity contribution < 1.29 is 9.53 Å². The standard InChI is InChI=1S/C17H19NO2S/c1-12(18)14-7-9-16(10-8-14)21-11-13-3-5-15(6-4-13)17(19)20-2/h3-10,12H,11,18H2,1-2H3. The molecule has 0 aliphatic heterocycles. The van der Waals surface area contributed by atoms with Crippen molar-refractivity contribution in [3.63, 3.8) is 0 Å². The zero-order valence-corrected chi connectivity index (χ0v) is 13.0. The van der Waals surface area contributed by atoms with Gasteiger partial charge < -0.3 is 10.5 Å². The molecule has 0 spiro atoms. The number of hydrogen-bond donors (Lipinski definition) is 1. The number of hydrogen-bond acceptors (Lipinski definition) is 4. The fourth-order valence-corrected chi connectivity index (χ4v) is 2.74. The Kier molecular flexibility index (Phi) is 5.42. The van der Waals surface area contributed by atoms with Gasteiger partial charge in [0.25, 0.3) is 0 Å². The molecule has 1 atom stereocenters. The average Bonchev–Trinajstić information content (AvgIpc) is 2.53. The summed E-state index contributed by atoms with van der Waals surface area (Å²) in [6, 6.07) is 15.9. The molecule has 0 bridgehead atoms. The second kappa shape index (κ2) is 7.29. The molecule has 2 aromatic rings. The highest BCUT2D eigenvalue weighted by Gasteiger charge is 2.05. The van der Waals surface area contributed by atoms with Crippen molar-refractivity contribution in [2.75, 3.05) is 7.11 Å². The van der Waals surface area contributed by atoms with E-state index in [0.717, 1.165) is 11.3 Å². The number of carbonyl (C=O) groups excluding carboxylic acids is 1. The van der Waals surface area contributed by atoms with Crippen LogP contribution in [0.25, 0.3) is 0 Å². The van der Waals surface area contributed by atoms with E-state index < -0.39 is 0 Å². The van der Waals surface area contributed by atoms with Gasteiger partial charge in [-0.2, -0.15) is 0 Å². The fraction of sp³-hybridized carbons (Fsp3) is 0.235. The quantitative estimate of drug-likeness (QED) is 0.674. The van der Waals surface area contributed by atoms with Gasteiger partial charge in [0.05, 0.1) is 12.7 Å². The van der Waals surface area contributed by atoms with E-state index in [2.05, 4.69) is 29.0 Å². The normalized spacial score (nSPS) is 12.0. The van der Waals surface area contributed by atoms with E-state index in [-0.39, 0.29) is 12.0 Å². The molecule has 2 rings (SSSR count). The van der Waals surface area contributed by atoms with Crippen LogP contribution in [0.5, 0.6) is 0 Å². The molecule has 2 aromatic carbocycles. The number of methoxy groups -OCH3 is 1. The van der Waals surface area contributed by atoms with Crippen molar-refractivity contribution in [3.8, 4) is 0 Å². The summed E-state index contributed by atoms with van der Waals surface area (Å²) in [5, 5.41) is 0. The maximum atomic E-state index is 11.4. The van der Waals surface area contributed by atoms with Crippen molar-refractivity contribution >= 4 is 17.7 Å². The Bertz CT molecular complexity index is 591. The summed E-state index contributed by atoms with van der Waals surface area (Å²) in [5.41, 5.74) is 8.72. The van der Waals surface area contributed by atoms with E-state index >= 15 is 0 Å². The van der Waals surface area contributed by atoms with E-state index in [0.29, 0.717) is 5.56 Å². The Morgan fingerprint density at radius 1 is 1.14 bits per heavy atom. The molecule has 0 radical (unpaired) electrons. The molecule has 0 heterocycles. The summed E-state index contributed by atoms with van der Waals surface area (Å²) >= 11 is 1.76. The lowest BCUT2D eigenvalue weighted by Crippen LogP contribution is -2.04. The molecule has 21 heavy (non-hydrogen) atoms. The lowest BCUT2D eigenvalue weighted by molar-refractivity contribution is 0.0600. The Hall–Kier alpha value is -1.78. The van der Waals surface area contributed by atoms with Crippen LogP contribution >= 0.6 is 11.8 Å². The summed E-state index contributed by atoms with van der Waals surface area (Å²) in [4.78, 5) is 12.6. The van der Waals surface area contributed by atoms with Crippen LogP contribution in [-0.2, 0) is 10.5 Å². The first kappa shape index (κ1) is 15.6. The third-order valence-electron chi connectivity index (χ3n) is 3.19. The zero-order valence-electron chi connectivity index (χ0n) is 12.2.